The minimum Gasteiger partial charge on any atom is -0.506 e. The minimum atomic E-state index is 0.216. The fourth-order valence-electron chi connectivity index (χ4n) is 2.39. The fraction of sp³-hybridized carbons (Fsp3) is 0.143. The number of benzene rings is 2. The quantitative estimate of drug-likeness (QED) is 0.772. The van der Waals surface area contributed by atoms with Gasteiger partial charge in [-0.25, -0.2) is 0 Å². The zero-order chi connectivity index (χ0) is 14.3. The maximum absolute atomic E-state index is 10.3. The molecule has 6 heteroatoms. The smallest absolute Gasteiger partial charge is 0.156 e. The van der Waals surface area contributed by atoms with Crippen molar-refractivity contribution in [3.8, 4) is 17.2 Å². The van der Waals surface area contributed by atoms with E-state index in [9.17, 15) is 5.11 Å². The average molecular weight is 397 g/mol. The van der Waals surface area contributed by atoms with Crippen LogP contribution in [0.25, 0.3) is 0 Å². The third-order valence-electron chi connectivity index (χ3n) is 3.17. The number of anilines is 2. The van der Waals surface area contributed by atoms with Gasteiger partial charge in [0.1, 0.15) is 19.3 Å². The summed E-state index contributed by atoms with van der Waals surface area (Å²) in [5.74, 6) is 1.68. The molecule has 2 aromatic rings. The lowest BCUT2D eigenvalue weighted by atomic mass is 10.0. The molecule has 1 aliphatic rings. The molecule has 0 fully saturated rings. The minimum absolute atomic E-state index is 0.216. The van der Waals surface area contributed by atoms with E-state index in [1.165, 1.54) is 0 Å². The summed E-state index contributed by atoms with van der Waals surface area (Å²) in [6.45, 7) is 0.814. The third-order valence-corrected chi connectivity index (χ3v) is 4.12. The summed E-state index contributed by atoms with van der Waals surface area (Å²) in [4.78, 5) is 2.10. The predicted molar refractivity (Wildman–Crippen MR) is 90.4 cm³/mol. The first-order valence-corrected chi connectivity index (χ1v) is 7.96. The van der Waals surface area contributed by atoms with Gasteiger partial charge < -0.3 is 14.7 Å². The number of phenolic OH excluding ortho intramolecular Hbond substituents is 1. The molecule has 0 saturated heterocycles. The van der Waals surface area contributed by atoms with E-state index in [1.807, 2.05) is 24.3 Å². The molecule has 0 saturated carbocycles. The summed E-state index contributed by atoms with van der Waals surface area (Å²) >= 11 is 6.87. The monoisotopic (exact) mass is 395 g/mol. The Morgan fingerprint density at radius 3 is 2.65 bits per heavy atom. The Morgan fingerprint density at radius 2 is 1.90 bits per heavy atom. The lowest BCUT2D eigenvalue weighted by Crippen LogP contribution is -2.22. The molecule has 0 aliphatic carbocycles. The highest BCUT2D eigenvalue weighted by molar-refractivity contribution is 9.10. The van der Waals surface area contributed by atoms with E-state index in [4.69, 9.17) is 4.74 Å². The van der Waals surface area contributed by atoms with Crippen molar-refractivity contribution in [3.05, 3.63) is 39.3 Å². The topological polar surface area (TPSA) is 32.7 Å². The number of ether oxygens (including phenoxy) is 1. The molecule has 1 heterocycles. The number of halogens is 2. The van der Waals surface area contributed by atoms with Crippen LogP contribution in [0.15, 0.2) is 39.3 Å². The van der Waals surface area contributed by atoms with Crippen molar-refractivity contribution in [2.75, 3.05) is 11.4 Å². The molecule has 0 amide bonds. The molecule has 102 valence electrons. The maximum atomic E-state index is 10.3. The van der Waals surface area contributed by atoms with E-state index < -0.39 is 0 Å². The highest BCUT2D eigenvalue weighted by Gasteiger charge is 2.27. The van der Waals surface area contributed by atoms with Crippen LogP contribution < -0.4 is 9.64 Å². The van der Waals surface area contributed by atoms with Gasteiger partial charge in [0.2, 0.25) is 0 Å². The highest BCUT2D eigenvalue weighted by atomic mass is 79.9. The van der Waals surface area contributed by atoms with Crippen molar-refractivity contribution in [2.24, 2.45) is 0 Å². The molecule has 0 bridgehead atoms. The van der Waals surface area contributed by atoms with Gasteiger partial charge in [-0.05, 0) is 30.3 Å². The molecule has 3 rings (SSSR count). The van der Waals surface area contributed by atoms with Crippen LogP contribution in [-0.2, 0) is 0 Å². The molecular formula is C14H12BBr2NO2. The summed E-state index contributed by atoms with van der Waals surface area (Å²) in [7, 11) is 2.11. The Labute approximate surface area is 135 Å². The second-order valence-electron chi connectivity index (χ2n) is 4.64. The molecule has 20 heavy (non-hydrogen) atoms. The van der Waals surface area contributed by atoms with Crippen molar-refractivity contribution >= 4 is 51.1 Å². The van der Waals surface area contributed by atoms with Crippen LogP contribution in [0.2, 0.25) is 6.32 Å². The van der Waals surface area contributed by atoms with E-state index in [0.717, 1.165) is 38.9 Å². The van der Waals surface area contributed by atoms with Gasteiger partial charge in [0.05, 0.1) is 5.69 Å². The number of fused-ring (bicyclic) bond motifs is 2. The SMILES string of the molecule is BCCN1c2cc(Br)ccc2Oc2cc(Br)cc(O)c21. The molecular weight excluding hydrogens is 385 g/mol. The van der Waals surface area contributed by atoms with Crippen LogP contribution in [0.5, 0.6) is 17.2 Å². The maximum Gasteiger partial charge on any atom is 0.156 e. The molecule has 0 radical (unpaired) electrons. The fourth-order valence-corrected chi connectivity index (χ4v) is 3.17. The van der Waals surface area contributed by atoms with Gasteiger partial charge >= 0.3 is 0 Å². The molecule has 1 aliphatic heterocycles. The van der Waals surface area contributed by atoms with E-state index >= 15 is 0 Å². The van der Waals surface area contributed by atoms with Gasteiger partial charge in [-0.2, -0.15) is 0 Å². The molecule has 2 aromatic carbocycles. The predicted octanol–water partition coefficient (Wildman–Crippen LogP) is 4.21. The van der Waals surface area contributed by atoms with Crippen LogP contribution in [0, 0.1) is 0 Å². The number of aromatic hydroxyl groups is 1. The second kappa shape index (κ2) is 5.33. The van der Waals surface area contributed by atoms with Crippen LogP contribution in [0.1, 0.15) is 0 Å². The standard InChI is InChI=1S/C14H12BBr2NO2/c15-3-4-18-10-5-8(16)1-2-12(10)20-13-7-9(17)6-11(19)14(13)18/h1-2,5-7,19H,3-4,15H2. The van der Waals surface area contributed by atoms with Crippen LogP contribution in [0.3, 0.4) is 0 Å². The number of hydrogen-bond acceptors (Lipinski definition) is 3. The van der Waals surface area contributed by atoms with Crippen LogP contribution in [0.4, 0.5) is 11.4 Å². The van der Waals surface area contributed by atoms with Gasteiger partial charge in [0, 0.05) is 15.5 Å². The first kappa shape index (κ1) is 13.8. The Morgan fingerprint density at radius 1 is 1.10 bits per heavy atom. The number of hydrogen-bond donors (Lipinski definition) is 1. The van der Waals surface area contributed by atoms with Crippen molar-refractivity contribution in [1.29, 1.82) is 0 Å². The first-order chi connectivity index (χ1) is 9.60. The molecule has 0 spiro atoms. The lowest BCUT2D eigenvalue weighted by Gasteiger charge is -2.33. The Hall–Kier alpha value is -1.14. The van der Waals surface area contributed by atoms with E-state index in [-0.39, 0.29) is 5.75 Å². The van der Waals surface area contributed by atoms with Crippen molar-refractivity contribution in [2.45, 2.75) is 6.32 Å². The second-order valence-corrected chi connectivity index (χ2v) is 6.47. The van der Waals surface area contributed by atoms with Crippen molar-refractivity contribution in [3.63, 3.8) is 0 Å². The molecule has 1 N–H and O–H groups in total. The van der Waals surface area contributed by atoms with E-state index in [2.05, 4.69) is 44.6 Å². The third kappa shape index (κ3) is 2.31. The van der Waals surface area contributed by atoms with E-state index in [1.54, 1.807) is 6.07 Å². The molecule has 0 unspecified atom stereocenters. The normalized spacial score (nSPS) is 12.6. The summed E-state index contributed by atoms with van der Waals surface area (Å²) in [6, 6.07) is 9.46. The Balaban J connectivity index is 2.21. The largest absolute Gasteiger partial charge is 0.506 e. The first-order valence-electron chi connectivity index (χ1n) is 6.37. The van der Waals surface area contributed by atoms with Crippen molar-refractivity contribution in [1.82, 2.24) is 0 Å². The average Bonchev–Trinajstić information content (AvgIpc) is 2.38. The number of rotatable bonds is 2. The van der Waals surface area contributed by atoms with Crippen LogP contribution >= 0.6 is 31.9 Å². The highest BCUT2D eigenvalue weighted by Crippen LogP contribution is 2.52. The van der Waals surface area contributed by atoms with Crippen molar-refractivity contribution < 1.29 is 9.84 Å². The molecule has 3 nitrogen and oxygen atoms in total. The summed E-state index contributed by atoms with van der Waals surface area (Å²) < 4.78 is 7.70. The van der Waals surface area contributed by atoms with Gasteiger partial charge in [-0.15, -0.1) is 0 Å². The van der Waals surface area contributed by atoms with Gasteiger partial charge in [0.15, 0.2) is 11.5 Å². The van der Waals surface area contributed by atoms with Gasteiger partial charge in [-0.3, -0.25) is 0 Å². The summed E-state index contributed by atoms with van der Waals surface area (Å²) in [6.07, 6.45) is 0.973. The van der Waals surface area contributed by atoms with Gasteiger partial charge in [0.25, 0.3) is 0 Å². The molecule has 0 aromatic heterocycles. The Bertz CT molecular complexity index is 678. The number of nitrogens with zero attached hydrogens (tertiary/aromatic N) is 1. The van der Waals surface area contributed by atoms with Crippen LogP contribution in [-0.4, -0.2) is 19.5 Å². The lowest BCUT2D eigenvalue weighted by molar-refractivity contribution is 0.447. The Kier molecular flexibility index (Phi) is 3.69. The number of phenols is 1. The van der Waals surface area contributed by atoms with Gasteiger partial charge in [-0.1, -0.05) is 38.2 Å². The zero-order valence-electron chi connectivity index (χ0n) is 10.9. The zero-order valence-corrected chi connectivity index (χ0v) is 14.0. The summed E-state index contributed by atoms with van der Waals surface area (Å²) in [5, 5.41) is 10.3. The summed E-state index contributed by atoms with van der Waals surface area (Å²) in [5.41, 5.74) is 1.69. The van der Waals surface area contributed by atoms with E-state index in [0.29, 0.717) is 5.75 Å². The molecule has 0 atom stereocenters.